The molecule has 0 radical (unpaired) electrons. The predicted octanol–water partition coefficient (Wildman–Crippen LogP) is 3.03. The van der Waals surface area contributed by atoms with Crippen LogP contribution in [0.4, 0.5) is 0 Å². The zero-order valence-corrected chi connectivity index (χ0v) is 10.4. The van der Waals surface area contributed by atoms with Crippen LogP contribution in [0.2, 0.25) is 0 Å². The van der Waals surface area contributed by atoms with Crippen molar-refractivity contribution in [2.45, 2.75) is 12.5 Å². The van der Waals surface area contributed by atoms with Crippen molar-refractivity contribution in [1.82, 2.24) is 0 Å². The lowest BCUT2D eigenvalue weighted by atomic mass is 10.1. The fourth-order valence-electron chi connectivity index (χ4n) is 1.67. The van der Waals surface area contributed by atoms with Crippen LogP contribution in [0.25, 0.3) is 0 Å². The van der Waals surface area contributed by atoms with E-state index in [0.717, 1.165) is 11.1 Å². The molecule has 1 N–H and O–H groups in total. The third kappa shape index (κ3) is 3.71. The largest absolute Gasteiger partial charge is 0.387 e. The van der Waals surface area contributed by atoms with Gasteiger partial charge >= 0.3 is 0 Å². The molecule has 0 saturated heterocycles. The summed E-state index contributed by atoms with van der Waals surface area (Å²) in [6, 6.07) is 18.6. The first-order chi connectivity index (χ1) is 9.29. The van der Waals surface area contributed by atoms with Crippen LogP contribution >= 0.6 is 0 Å². The topological polar surface area (TPSA) is 44.0 Å². The molecule has 0 bridgehead atoms. The lowest BCUT2D eigenvalue weighted by molar-refractivity contribution is 0.184. The molecule has 92 valence electrons. The molecule has 0 aromatic heterocycles. The molecule has 0 fully saturated rings. The number of hydrogen-bond donors (Lipinski definition) is 1. The van der Waals surface area contributed by atoms with Crippen molar-refractivity contribution in [2.24, 2.45) is 0 Å². The Hall–Kier alpha value is -2.55. The second-order valence-electron chi connectivity index (χ2n) is 4.12. The fraction of sp³-hybridized carbons (Fsp3) is 0.118. The van der Waals surface area contributed by atoms with Gasteiger partial charge in [-0.3, -0.25) is 0 Å². The normalized spacial score (nSPS) is 10.9. The molecule has 19 heavy (non-hydrogen) atoms. The van der Waals surface area contributed by atoms with E-state index in [1.54, 1.807) is 24.3 Å². The van der Waals surface area contributed by atoms with Gasteiger partial charge in [-0.05, 0) is 29.8 Å². The molecule has 2 heteroatoms. The molecule has 2 rings (SSSR count). The summed E-state index contributed by atoms with van der Waals surface area (Å²) in [6.45, 7) is 0. The molecule has 0 aliphatic rings. The second kappa shape index (κ2) is 6.40. The molecule has 0 amide bonds. The predicted molar refractivity (Wildman–Crippen MR) is 74.1 cm³/mol. The Labute approximate surface area is 112 Å². The van der Waals surface area contributed by atoms with Gasteiger partial charge in [-0.25, -0.2) is 0 Å². The first-order valence-corrected chi connectivity index (χ1v) is 6.01. The first kappa shape index (κ1) is 12.9. The van der Waals surface area contributed by atoms with Crippen LogP contribution in [0.15, 0.2) is 54.6 Å². The number of benzene rings is 2. The number of rotatable bonds is 2. The van der Waals surface area contributed by atoms with Crippen LogP contribution in [-0.4, -0.2) is 5.11 Å². The number of aliphatic hydroxyl groups is 1. The Kier molecular flexibility index (Phi) is 4.34. The number of hydrogen-bond acceptors (Lipinski definition) is 2. The Morgan fingerprint density at radius 3 is 2.21 bits per heavy atom. The summed E-state index contributed by atoms with van der Waals surface area (Å²) in [4.78, 5) is 0. The molecule has 0 aliphatic heterocycles. The summed E-state index contributed by atoms with van der Waals surface area (Å²) in [7, 11) is 0. The first-order valence-electron chi connectivity index (χ1n) is 6.01. The molecule has 0 aliphatic carbocycles. The van der Waals surface area contributed by atoms with Gasteiger partial charge in [0.05, 0.1) is 17.7 Å². The van der Waals surface area contributed by atoms with Gasteiger partial charge in [0.1, 0.15) is 0 Å². The van der Waals surface area contributed by atoms with E-state index >= 15 is 0 Å². The van der Waals surface area contributed by atoms with Gasteiger partial charge in [0.25, 0.3) is 0 Å². The summed E-state index contributed by atoms with van der Waals surface area (Å²) < 4.78 is 0. The third-order valence-electron chi connectivity index (χ3n) is 2.73. The van der Waals surface area contributed by atoms with Crippen molar-refractivity contribution in [1.29, 1.82) is 5.26 Å². The van der Waals surface area contributed by atoms with Crippen LogP contribution in [0.5, 0.6) is 0 Å². The molecule has 2 nitrogen and oxygen atoms in total. The summed E-state index contributed by atoms with van der Waals surface area (Å²) in [5, 5.41) is 18.6. The van der Waals surface area contributed by atoms with E-state index < -0.39 is 6.10 Å². The van der Waals surface area contributed by atoms with Crippen molar-refractivity contribution >= 4 is 0 Å². The quantitative estimate of drug-likeness (QED) is 0.829. The zero-order chi connectivity index (χ0) is 13.5. The zero-order valence-electron chi connectivity index (χ0n) is 10.4. The molecule has 0 spiro atoms. The van der Waals surface area contributed by atoms with E-state index in [1.807, 2.05) is 30.3 Å². The van der Waals surface area contributed by atoms with E-state index in [9.17, 15) is 5.11 Å². The van der Waals surface area contributed by atoms with E-state index in [4.69, 9.17) is 5.26 Å². The summed E-state index contributed by atoms with van der Waals surface area (Å²) in [5.74, 6) is 5.93. The Balaban J connectivity index is 1.99. The fourth-order valence-corrected chi connectivity index (χ4v) is 1.67. The van der Waals surface area contributed by atoms with Gasteiger partial charge in [-0.2, -0.15) is 5.26 Å². The smallest absolute Gasteiger partial charge is 0.0991 e. The lowest BCUT2D eigenvalue weighted by Gasteiger charge is -2.05. The van der Waals surface area contributed by atoms with E-state index in [2.05, 4.69) is 17.9 Å². The summed E-state index contributed by atoms with van der Waals surface area (Å²) in [6.07, 6.45) is -0.170. The molecule has 2 aromatic rings. The molecule has 1 atom stereocenters. The minimum Gasteiger partial charge on any atom is -0.387 e. The van der Waals surface area contributed by atoms with Gasteiger partial charge in [0.15, 0.2) is 0 Å². The summed E-state index contributed by atoms with van der Waals surface area (Å²) in [5.41, 5.74) is 2.34. The highest BCUT2D eigenvalue weighted by molar-refractivity contribution is 5.39. The number of nitrogens with zero attached hydrogens (tertiary/aromatic N) is 1. The van der Waals surface area contributed by atoms with E-state index in [0.29, 0.717) is 12.0 Å². The molecule has 0 heterocycles. The van der Waals surface area contributed by atoms with Crippen molar-refractivity contribution in [3.63, 3.8) is 0 Å². The maximum absolute atomic E-state index is 9.94. The summed E-state index contributed by atoms with van der Waals surface area (Å²) >= 11 is 0. The van der Waals surface area contributed by atoms with Crippen molar-refractivity contribution in [3.05, 3.63) is 71.3 Å². The van der Waals surface area contributed by atoms with Crippen molar-refractivity contribution in [2.75, 3.05) is 0 Å². The SMILES string of the molecule is N#Cc1ccc(C#CCC(O)c2ccccc2)cc1. The highest BCUT2D eigenvalue weighted by Crippen LogP contribution is 2.14. The van der Waals surface area contributed by atoms with Crippen LogP contribution < -0.4 is 0 Å². The monoisotopic (exact) mass is 247 g/mol. The highest BCUT2D eigenvalue weighted by atomic mass is 16.3. The molecular weight excluding hydrogens is 234 g/mol. The highest BCUT2D eigenvalue weighted by Gasteiger charge is 2.03. The second-order valence-corrected chi connectivity index (χ2v) is 4.12. The standard InChI is InChI=1S/C17H13NO/c18-13-15-11-9-14(10-12-15)5-4-8-17(19)16-6-2-1-3-7-16/h1-3,6-7,9-12,17,19H,8H2. The van der Waals surface area contributed by atoms with Gasteiger partial charge in [0, 0.05) is 12.0 Å². The van der Waals surface area contributed by atoms with Crippen LogP contribution in [-0.2, 0) is 0 Å². The molecule has 1 unspecified atom stereocenters. The maximum atomic E-state index is 9.94. The van der Waals surface area contributed by atoms with Gasteiger partial charge < -0.3 is 5.11 Å². The Bertz CT molecular complexity index is 627. The van der Waals surface area contributed by atoms with Gasteiger partial charge in [-0.1, -0.05) is 42.2 Å². The number of nitriles is 1. The van der Waals surface area contributed by atoms with Crippen LogP contribution in [0.3, 0.4) is 0 Å². The van der Waals surface area contributed by atoms with Gasteiger partial charge in [0.2, 0.25) is 0 Å². The van der Waals surface area contributed by atoms with Gasteiger partial charge in [-0.15, -0.1) is 0 Å². The minimum absolute atomic E-state index is 0.393. The number of aliphatic hydroxyl groups excluding tert-OH is 1. The Morgan fingerprint density at radius 1 is 0.947 bits per heavy atom. The molecule has 0 saturated carbocycles. The average molecular weight is 247 g/mol. The minimum atomic E-state index is -0.563. The third-order valence-corrected chi connectivity index (χ3v) is 2.73. The van der Waals surface area contributed by atoms with E-state index in [1.165, 1.54) is 0 Å². The average Bonchev–Trinajstić information content (AvgIpc) is 2.49. The molecule has 2 aromatic carbocycles. The van der Waals surface area contributed by atoms with E-state index in [-0.39, 0.29) is 0 Å². The van der Waals surface area contributed by atoms with Crippen molar-refractivity contribution < 1.29 is 5.11 Å². The molecular formula is C17H13NO. The Morgan fingerprint density at radius 2 is 1.58 bits per heavy atom. The lowest BCUT2D eigenvalue weighted by Crippen LogP contribution is -1.94. The van der Waals surface area contributed by atoms with Crippen LogP contribution in [0.1, 0.15) is 29.2 Å². The van der Waals surface area contributed by atoms with Crippen LogP contribution in [0, 0.1) is 23.2 Å². The van der Waals surface area contributed by atoms with Crippen molar-refractivity contribution in [3.8, 4) is 17.9 Å². The maximum Gasteiger partial charge on any atom is 0.0991 e.